The lowest BCUT2D eigenvalue weighted by Crippen LogP contribution is -1.91. The van der Waals surface area contributed by atoms with E-state index in [1.807, 2.05) is 0 Å². The van der Waals surface area contributed by atoms with E-state index >= 15 is 0 Å². The van der Waals surface area contributed by atoms with E-state index in [0.29, 0.717) is 0 Å². The predicted molar refractivity (Wildman–Crippen MR) is 47.6 cm³/mol. The normalized spacial score (nSPS) is 7.15. The van der Waals surface area contributed by atoms with Crippen LogP contribution in [-0.4, -0.2) is 12.3 Å². The molecule has 0 aromatic heterocycles. The van der Waals surface area contributed by atoms with E-state index in [-0.39, 0.29) is 0 Å². The highest BCUT2D eigenvalue weighted by molar-refractivity contribution is 5.82. The third-order valence-corrected chi connectivity index (χ3v) is 0.545. The van der Waals surface area contributed by atoms with Gasteiger partial charge in [0.15, 0.2) is 6.34 Å². The molecule has 0 bridgehead atoms. The number of carbonyl (C=O) groups is 1. The van der Waals surface area contributed by atoms with Crippen LogP contribution in [0.4, 0.5) is 0 Å². The second kappa shape index (κ2) is 12.5. The van der Waals surface area contributed by atoms with Crippen LogP contribution in [0.5, 0.6) is 0 Å². The maximum atomic E-state index is 10.1. The van der Waals surface area contributed by atoms with E-state index in [2.05, 4.69) is 39.4 Å². The summed E-state index contributed by atoms with van der Waals surface area (Å²) in [7, 11) is 0. The van der Waals surface area contributed by atoms with Gasteiger partial charge in [0, 0.05) is 13.0 Å². The molecule has 0 heterocycles. The Morgan fingerprint density at radius 3 is 2.62 bits per heavy atom. The van der Waals surface area contributed by atoms with Crippen LogP contribution in [0, 0.1) is 17.6 Å². The fourth-order valence-corrected chi connectivity index (χ4v) is 0.176. The first kappa shape index (κ1) is 13.4. The van der Waals surface area contributed by atoms with Crippen molar-refractivity contribution in [2.45, 2.75) is 6.92 Å². The molecule has 0 aromatic rings. The summed E-state index contributed by atoms with van der Waals surface area (Å²) in [6.07, 6.45) is 4.13. The molecule has 0 aliphatic carbocycles. The van der Waals surface area contributed by atoms with E-state index in [0.717, 1.165) is 12.4 Å². The van der Waals surface area contributed by atoms with Gasteiger partial charge in [0.2, 0.25) is 0 Å². The molecule has 3 N–H and O–H groups in total. The minimum Gasteiger partial charge on any atom is -0.369 e. The third kappa shape index (κ3) is 17.7. The van der Waals surface area contributed by atoms with Crippen molar-refractivity contribution >= 4 is 12.3 Å². The molecule has 0 unspecified atom stereocenters. The Morgan fingerprint density at radius 2 is 2.38 bits per heavy atom. The van der Waals surface area contributed by atoms with E-state index in [4.69, 9.17) is 5.53 Å². The van der Waals surface area contributed by atoms with Crippen molar-refractivity contribution in [1.82, 2.24) is 0 Å². The second-order valence-corrected chi connectivity index (χ2v) is 1.37. The zero-order valence-corrected chi connectivity index (χ0v) is 7.15. The molecule has 6 heteroatoms. The zero-order valence-electron chi connectivity index (χ0n) is 7.15. The Hall–Kier alpha value is -2.16. The van der Waals surface area contributed by atoms with E-state index in [1.54, 1.807) is 6.92 Å². The molecular weight excluding hydrogens is 172 g/mol. The molecule has 6 nitrogen and oxygen atoms in total. The van der Waals surface area contributed by atoms with Crippen LogP contribution < -0.4 is 5.84 Å². The number of nitrogens with one attached hydrogen (secondary N) is 1. The molecule has 0 saturated carbocycles. The summed E-state index contributed by atoms with van der Waals surface area (Å²) in [4.78, 5) is 10.1. The molecular formula is C7H10N4O2. The number of hydrazone groups is 1. The number of nitrogens with two attached hydrogens (primary N) is 1. The van der Waals surface area contributed by atoms with Gasteiger partial charge in [0.1, 0.15) is 6.11 Å². The van der Waals surface area contributed by atoms with Crippen molar-refractivity contribution in [3.63, 3.8) is 0 Å². The van der Waals surface area contributed by atoms with Crippen molar-refractivity contribution in [1.29, 1.82) is 5.53 Å². The van der Waals surface area contributed by atoms with Gasteiger partial charge in [-0.05, 0) is 0 Å². The number of carbonyl (C=O) groups excluding carboxylic acids is 1. The largest absolute Gasteiger partial charge is 0.369 e. The highest BCUT2D eigenvalue weighted by Gasteiger charge is 1.86. The molecule has 0 aliphatic rings. The SMILES string of the molecule is C=CC(=O)OC#CC.N=NC=NN. The molecule has 0 radical (unpaired) electrons. The van der Waals surface area contributed by atoms with Crippen LogP contribution in [0.25, 0.3) is 0 Å². The van der Waals surface area contributed by atoms with Crippen LogP contribution in [0.3, 0.4) is 0 Å². The summed E-state index contributed by atoms with van der Waals surface area (Å²) < 4.78 is 4.22. The summed E-state index contributed by atoms with van der Waals surface area (Å²) in [5.41, 5.74) is 6.00. The molecule has 0 saturated heterocycles. The van der Waals surface area contributed by atoms with Crippen molar-refractivity contribution in [3.05, 3.63) is 12.7 Å². The Balaban J connectivity index is 0. The topological polar surface area (TPSA) is 101 Å². The summed E-state index contributed by atoms with van der Waals surface area (Å²) in [5.74, 6) is 6.37. The molecule has 0 rings (SSSR count). The smallest absolute Gasteiger partial charge is 0.344 e. The monoisotopic (exact) mass is 182 g/mol. The van der Waals surface area contributed by atoms with Gasteiger partial charge >= 0.3 is 5.97 Å². The first-order valence-electron chi connectivity index (χ1n) is 3.06. The van der Waals surface area contributed by atoms with Gasteiger partial charge in [0.25, 0.3) is 0 Å². The van der Waals surface area contributed by atoms with Crippen LogP contribution in [-0.2, 0) is 9.53 Å². The van der Waals surface area contributed by atoms with Crippen LogP contribution in [0.15, 0.2) is 22.9 Å². The van der Waals surface area contributed by atoms with E-state index < -0.39 is 5.97 Å². The molecule has 0 amide bonds. The third-order valence-electron chi connectivity index (χ3n) is 0.545. The second-order valence-electron chi connectivity index (χ2n) is 1.37. The zero-order chi connectivity index (χ0) is 10.5. The lowest BCUT2D eigenvalue weighted by Gasteiger charge is -1.81. The minimum atomic E-state index is -0.514. The Morgan fingerprint density at radius 1 is 1.77 bits per heavy atom. The number of nitrogens with zero attached hydrogens (tertiary/aromatic N) is 2. The van der Waals surface area contributed by atoms with Crippen molar-refractivity contribution in [2.75, 3.05) is 0 Å². The average molecular weight is 182 g/mol. The molecule has 0 fully saturated rings. The maximum Gasteiger partial charge on any atom is 0.344 e. The summed E-state index contributed by atoms with van der Waals surface area (Å²) in [5, 5.41) is 5.56. The fraction of sp³-hybridized carbons (Fsp3) is 0.143. The van der Waals surface area contributed by atoms with Gasteiger partial charge in [0.05, 0.1) is 0 Å². The number of ether oxygens (including phenoxy) is 1. The van der Waals surface area contributed by atoms with Crippen LogP contribution >= 0.6 is 0 Å². The summed E-state index contributed by atoms with van der Waals surface area (Å²) >= 11 is 0. The molecule has 0 aromatic carbocycles. The average Bonchev–Trinajstić information content (AvgIpc) is 2.16. The van der Waals surface area contributed by atoms with Crippen molar-refractivity contribution in [2.24, 2.45) is 16.1 Å². The van der Waals surface area contributed by atoms with Gasteiger partial charge in [-0.2, -0.15) is 5.10 Å². The molecule has 0 aliphatic heterocycles. The number of hydrogen-bond donors (Lipinski definition) is 2. The van der Waals surface area contributed by atoms with E-state index in [9.17, 15) is 4.79 Å². The van der Waals surface area contributed by atoms with Gasteiger partial charge < -0.3 is 10.6 Å². The highest BCUT2D eigenvalue weighted by atomic mass is 16.5. The first-order valence-corrected chi connectivity index (χ1v) is 3.06. The van der Waals surface area contributed by atoms with E-state index in [1.165, 1.54) is 0 Å². The summed E-state index contributed by atoms with van der Waals surface area (Å²) in [6.45, 7) is 4.75. The first-order chi connectivity index (χ1) is 6.22. The lowest BCUT2D eigenvalue weighted by molar-refractivity contribution is -0.131. The quantitative estimate of drug-likeness (QED) is 0.0956. The Kier molecular flexibility index (Phi) is 12.9. The number of hydrogen-bond acceptors (Lipinski definition) is 5. The Bertz CT molecular complexity index is 249. The maximum absolute atomic E-state index is 10.1. The fourth-order valence-electron chi connectivity index (χ4n) is 0.176. The Labute approximate surface area is 76.0 Å². The van der Waals surface area contributed by atoms with Gasteiger partial charge in [-0.25, -0.2) is 10.3 Å². The van der Waals surface area contributed by atoms with Crippen molar-refractivity contribution in [3.8, 4) is 12.0 Å². The highest BCUT2D eigenvalue weighted by Crippen LogP contribution is 1.72. The summed E-state index contributed by atoms with van der Waals surface area (Å²) in [6, 6.07) is 0. The van der Waals surface area contributed by atoms with Crippen LogP contribution in [0.1, 0.15) is 6.92 Å². The molecule has 0 spiro atoms. The van der Waals surface area contributed by atoms with Crippen LogP contribution in [0.2, 0.25) is 0 Å². The van der Waals surface area contributed by atoms with Gasteiger partial charge in [-0.3, -0.25) is 0 Å². The minimum absolute atomic E-state index is 0.514. The lowest BCUT2D eigenvalue weighted by atomic mass is 10.7. The molecule has 0 atom stereocenters. The molecule has 70 valence electrons. The number of rotatable bonds is 2. The van der Waals surface area contributed by atoms with Gasteiger partial charge in [-0.1, -0.05) is 12.5 Å². The number of esters is 1. The van der Waals surface area contributed by atoms with Gasteiger partial charge in [-0.15, -0.1) is 5.11 Å². The molecule has 13 heavy (non-hydrogen) atoms. The standard InChI is InChI=1S/C6H6O2.CH4N4/c1-3-5-8-6(7)4-2;2-4-1-5-3/h4H,2H2,1H3;1-2H,3H2. The predicted octanol–water partition coefficient (Wildman–Crippen LogP) is 0.616. The van der Waals surface area contributed by atoms with Crippen molar-refractivity contribution < 1.29 is 9.53 Å².